The Morgan fingerprint density at radius 2 is 1.80 bits per heavy atom. The third kappa shape index (κ3) is 5.80. The van der Waals surface area contributed by atoms with Crippen molar-refractivity contribution in [1.29, 1.82) is 0 Å². The predicted molar refractivity (Wildman–Crippen MR) is 97.1 cm³/mol. The van der Waals surface area contributed by atoms with Gasteiger partial charge in [0.15, 0.2) is 0 Å². The average Bonchev–Trinajstić information content (AvgIpc) is 3.45. The number of aliphatic hydroxyl groups excluding tert-OH is 2. The van der Waals surface area contributed by atoms with Gasteiger partial charge in [-0.15, -0.1) is 0 Å². The molecular weight excluding hydrogens is 316 g/mol. The van der Waals surface area contributed by atoms with E-state index in [1.54, 1.807) is 0 Å². The molecule has 1 saturated carbocycles. The van der Waals surface area contributed by atoms with Crippen LogP contribution in [0.3, 0.4) is 0 Å². The van der Waals surface area contributed by atoms with E-state index in [0.29, 0.717) is 12.6 Å². The molecular formula is C20H30N2O3. The van der Waals surface area contributed by atoms with Gasteiger partial charge in [-0.2, -0.15) is 0 Å². The summed E-state index contributed by atoms with van der Waals surface area (Å²) in [6.45, 7) is 2.34. The Morgan fingerprint density at radius 3 is 2.44 bits per heavy atom. The van der Waals surface area contributed by atoms with Gasteiger partial charge in [-0.3, -0.25) is 4.79 Å². The molecule has 3 N–H and O–H groups in total. The number of β-amino-alcohol motifs (C(OH)–C–C–N with tert-alkyl or cyclic N) is 1. The molecule has 0 radical (unpaired) electrons. The number of benzene rings is 1. The fourth-order valence-corrected chi connectivity index (χ4v) is 3.55. The number of piperidine rings is 1. The highest BCUT2D eigenvalue weighted by Crippen LogP contribution is 2.23. The summed E-state index contributed by atoms with van der Waals surface area (Å²) in [6, 6.07) is 10.5. The van der Waals surface area contributed by atoms with E-state index in [1.165, 1.54) is 5.56 Å². The van der Waals surface area contributed by atoms with Crippen LogP contribution in [-0.2, 0) is 11.2 Å². The fraction of sp³-hybridized carbons (Fsp3) is 0.650. The number of amides is 1. The van der Waals surface area contributed by atoms with Gasteiger partial charge in [0, 0.05) is 12.6 Å². The summed E-state index contributed by atoms with van der Waals surface area (Å²) in [5.41, 5.74) is 1.25. The minimum Gasteiger partial charge on any atom is -0.392 e. The normalized spacial score (nSPS) is 21.7. The van der Waals surface area contributed by atoms with Crippen LogP contribution in [0.4, 0.5) is 0 Å². The van der Waals surface area contributed by atoms with Gasteiger partial charge in [0.05, 0.1) is 6.10 Å². The Labute approximate surface area is 150 Å². The first-order valence-corrected chi connectivity index (χ1v) is 9.54. The summed E-state index contributed by atoms with van der Waals surface area (Å²) < 4.78 is 0. The molecule has 1 aliphatic carbocycles. The molecule has 3 rings (SSSR count). The quantitative estimate of drug-likeness (QED) is 0.664. The second-order valence-corrected chi connectivity index (χ2v) is 7.54. The van der Waals surface area contributed by atoms with Crippen LogP contribution in [0.5, 0.6) is 0 Å². The summed E-state index contributed by atoms with van der Waals surface area (Å²) in [5.74, 6) is -0.166. The van der Waals surface area contributed by atoms with Gasteiger partial charge < -0.3 is 20.4 Å². The number of hydrogen-bond acceptors (Lipinski definition) is 4. The van der Waals surface area contributed by atoms with Crippen molar-refractivity contribution in [2.24, 2.45) is 5.92 Å². The van der Waals surface area contributed by atoms with Crippen molar-refractivity contribution in [2.75, 3.05) is 19.6 Å². The van der Waals surface area contributed by atoms with E-state index in [1.807, 2.05) is 18.2 Å². The number of likely N-dealkylation sites (tertiary alicyclic amines) is 1. The second-order valence-electron chi connectivity index (χ2n) is 7.54. The smallest absolute Gasteiger partial charge is 0.249 e. The molecule has 0 unspecified atom stereocenters. The summed E-state index contributed by atoms with van der Waals surface area (Å²) in [5, 5.41) is 23.4. The van der Waals surface area contributed by atoms with E-state index in [9.17, 15) is 15.0 Å². The van der Waals surface area contributed by atoms with Crippen LogP contribution >= 0.6 is 0 Å². The molecule has 0 spiro atoms. The third-order valence-electron chi connectivity index (χ3n) is 5.35. The number of carbonyl (C=O) groups is 1. The molecule has 1 saturated heterocycles. The van der Waals surface area contributed by atoms with Crippen molar-refractivity contribution in [3.63, 3.8) is 0 Å². The molecule has 5 heteroatoms. The Morgan fingerprint density at radius 1 is 1.12 bits per heavy atom. The van der Waals surface area contributed by atoms with Gasteiger partial charge in [-0.1, -0.05) is 30.3 Å². The largest absolute Gasteiger partial charge is 0.392 e. The van der Waals surface area contributed by atoms with Gasteiger partial charge in [0.2, 0.25) is 5.91 Å². The van der Waals surface area contributed by atoms with Crippen LogP contribution < -0.4 is 5.32 Å². The van der Waals surface area contributed by atoms with Crippen molar-refractivity contribution >= 4 is 5.91 Å². The minimum atomic E-state index is -0.884. The molecule has 25 heavy (non-hydrogen) atoms. The Kier molecular flexibility index (Phi) is 6.45. The number of aryl methyl sites for hydroxylation is 1. The van der Waals surface area contributed by atoms with Crippen LogP contribution in [0.1, 0.15) is 37.7 Å². The van der Waals surface area contributed by atoms with E-state index < -0.39 is 6.10 Å². The molecule has 1 aliphatic heterocycles. The lowest BCUT2D eigenvalue weighted by molar-refractivity contribution is -0.133. The standard InChI is InChI=1S/C20H30N2O3/c23-18(9-6-15-4-2-1-3-5-15)14-22-12-10-16(11-13-22)19(24)20(25)21-17-7-8-17/h1-5,16-19,23-24H,6-14H2,(H,21,25)/t18-,19+/m0/s1. The van der Waals surface area contributed by atoms with Crippen molar-refractivity contribution in [3.8, 4) is 0 Å². The first-order valence-electron chi connectivity index (χ1n) is 9.54. The molecule has 0 aromatic heterocycles. The predicted octanol–water partition coefficient (Wildman–Crippen LogP) is 1.33. The highest BCUT2D eigenvalue weighted by molar-refractivity contribution is 5.81. The van der Waals surface area contributed by atoms with E-state index in [-0.39, 0.29) is 17.9 Å². The topological polar surface area (TPSA) is 72.8 Å². The monoisotopic (exact) mass is 346 g/mol. The first-order chi connectivity index (χ1) is 12.1. The molecule has 1 aromatic rings. The average molecular weight is 346 g/mol. The minimum absolute atomic E-state index is 0.0384. The zero-order chi connectivity index (χ0) is 17.6. The van der Waals surface area contributed by atoms with Crippen LogP contribution in [0, 0.1) is 5.92 Å². The third-order valence-corrected chi connectivity index (χ3v) is 5.35. The molecule has 0 bridgehead atoms. The number of rotatable bonds is 8. The maximum absolute atomic E-state index is 12.0. The Balaban J connectivity index is 1.34. The van der Waals surface area contributed by atoms with E-state index in [2.05, 4.69) is 22.3 Å². The maximum Gasteiger partial charge on any atom is 0.249 e. The lowest BCUT2D eigenvalue weighted by Gasteiger charge is -2.34. The molecule has 1 amide bonds. The molecule has 1 heterocycles. The van der Waals surface area contributed by atoms with Crippen molar-refractivity contribution in [1.82, 2.24) is 10.2 Å². The maximum atomic E-state index is 12.0. The highest BCUT2D eigenvalue weighted by atomic mass is 16.3. The van der Waals surface area contributed by atoms with Crippen LogP contribution in [0.15, 0.2) is 30.3 Å². The first kappa shape index (κ1) is 18.4. The highest BCUT2D eigenvalue weighted by Gasteiger charge is 2.33. The van der Waals surface area contributed by atoms with Gasteiger partial charge >= 0.3 is 0 Å². The van der Waals surface area contributed by atoms with Gasteiger partial charge in [0.1, 0.15) is 6.10 Å². The molecule has 2 aliphatic rings. The Hall–Kier alpha value is -1.43. The van der Waals surface area contributed by atoms with Crippen molar-refractivity contribution in [2.45, 2.75) is 56.8 Å². The molecule has 2 fully saturated rings. The number of hydrogen-bond donors (Lipinski definition) is 3. The fourth-order valence-electron chi connectivity index (χ4n) is 3.55. The van der Waals surface area contributed by atoms with Gasteiger partial charge in [0.25, 0.3) is 0 Å². The molecule has 138 valence electrons. The molecule has 2 atom stereocenters. The van der Waals surface area contributed by atoms with Crippen LogP contribution in [0.25, 0.3) is 0 Å². The van der Waals surface area contributed by atoms with Gasteiger partial charge in [-0.25, -0.2) is 0 Å². The second kappa shape index (κ2) is 8.79. The van der Waals surface area contributed by atoms with Gasteiger partial charge in [-0.05, 0) is 63.1 Å². The zero-order valence-corrected chi connectivity index (χ0v) is 14.8. The van der Waals surface area contributed by atoms with Crippen molar-refractivity contribution < 1.29 is 15.0 Å². The lowest BCUT2D eigenvalue weighted by Crippen LogP contribution is -2.46. The van der Waals surface area contributed by atoms with Crippen LogP contribution in [-0.4, -0.2) is 58.9 Å². The lowest BCUT2D eigenvalue weighted by atomic mass is 9.90. The number of aliphatic hydroxyl groups is 2. The molecule has 1 aromatic carbocycles. The van der Waals surface area contributed by atoms with E-state index in [0.717, 1.165) is 51.6 Å². The Bertz CT molecular complexity index is 539. The van der Waals surface area contributed by atoms with E-state index in [4.69, 9.17) is 0 Å². The number of nitrogens with one attached hydrogen (secondary N) is 1. The summed E-state index contributed by atoms with van der Waals surface area (Å²) >= 11 is 0. The van der Waals surface area contributed by atoms with E-state index >= 15 is 0 Å². The van der Waals surface area contributed by atoms with Crippen LogP contribution in [0.2, 0.25) is 0 Å². The SMILES string of the molecule is O=C(NC1CC1)[C@H](O)C1CCN(C[C@@H](O)CCc2ccccc2)CC1. The van der Waals surface area contributed by atoms with Crippen molar-refractivity contribution in [3.05, 3.63) is 35.9 Å². The summed E-state index contributed by atoms with van der Waals surface area (Å²) in [7, 11) is 0. The number of nitrogens with zero attached hydrogens (tertiary/aromatic N) is 1. The summed E-state index contributed by atoms with van der Waals surface area (Å²) in [4.78, 5) is 14.2. The number of carbonyl (C=O) groups excluding carboxylic acids is 1. The zero-order valence-electron chi connectivity index (χ0n) is 14.8. The molecule has 5 nitrogen and oxygen atoms in total. The summed E-state index contributed by atoms with van der Waals surface area (Å²) in [6.07, 6.45) is 4.13.